The van der Waals surface area contributed by atoms with Gasteiger partial charge in [0.25, 0.3) is 5.56 Å². The first-order valence-electron chi connectivity index (χ1n) is 11.4. The van der Waals surface area contributed by atoms with E-state index in [1.165, 1.54) is 4.68 Å². The van der Waals surface area contributed by atoms with E-state index in [2.05, 4.69) is 20.2 Å². The second-order valence-electron chi connectivity index (χ2n) is 8.24. The van der Waals surface area contributed by atoms with Crippen molar-refractivity contribution in [1.29, 1.82) is 0 Å². The van der Waals surface area contributed by atoms with E-state index >= 15 is 0 Å². The van der Waals surface area contributed by atoms with Gasteiger partial charge in [0.1, 0.15) is 11.4 Å². The highest BCUT2D eigenvalue weighted by molar-refractivity contribution is 5.96. The van der Waals surface area contributed by atoms with Crippen molar-refractivity contribution in [2.75, 3.05) is 14.2 Å². The molecule has 0 fully saturated rings. The Morgan fingerprint density at radius 2 is 1.57 bits per heavy atom. The highest BCUT2D eigenvalue weighted by Crippen LogP contribution is 2.35. The Morgan fingerprint density at radius 1 is 0.757 bits per heavy atom. The highest BCUT2D eigenvalue weighted by Gasteiger charge is 2.16. The van der Waals surface area contributed by atoms with Crippen LogP contribution in [0.2, 0.25) is 0 Å². The standard InChI is InChI=1S/C28H20N6O3/c1-36-23-12-19-16-31-32-26(22(19)14-24(23)37-2)17-9-11-30-25(13-17)34-28(35)21-8-4-3-7-20(21)27(33-34)18-6-5-10-29-15-18/h3-16H,1-2H3. The molecular weight excluding hydrogens is 468 g/mol. The Balaban J connectivity index is 1.56. The fourth-order valence-corrected chi connectivity index (χ4v) is 4.36. The third-order valence-electron chi connectivity index (χ3n) is 6.14. The van der Waals surface area contributed by atoms with Crippen LogP contribution >= 0.6 is 0 Å². The van der Waals surface area contributed by atoms with Crippen LogP contribution in [-0.2, 0) is 0 Å². The van der Waals surface area contributed by atoms with Gasteiger partial charge in [-0.25, -0.2) is 4.98 Å². The summed E-state index contributed by atoms with van der Waals surface area (Å²) in [5, 5.41) is 16.2. The van der Waals surface area contributed by atoms with Gasteiger partial charge in [0, 0.05) is 45.9 Å². The van der Waals surface area contributed by atoms with E-state index in [9.17, 15) is 4.79 Å². The zero-order valence-corrected chi connectivity index (χ0v) is 20.0. The molecule has 6 aromatic rings. The van der Waals surface area contributed by atoms with Gasteiger partial charge in [0.15, 0.2) is 17.3 Å². The summed E-state index contributed by atoms with van der Waals surface area (Å²) in [6.45, 7) is 0. The van der Waals surface area contributed by atoms with Crippen LogP contribution < -0.4 is 15.0 Å². The number of aromatic nitrogens is 6. The SMILES string of the molecule is COc1cc2cnnc(-c3ccnc(-n4nc(-c5cccnc5)c5ccccc5c4=O)c3)c2cc1OC. The summed E-state index contributed by atoms with van der Waals surface area (Å²) in [5.41, 5.74) is 2.49. The van der Waals surface area contributed by atoms with Crippen molar-refractivity contribution in [3.05, 3.63) is 95.8 Å². The Bertz CT molecular complexity index is 1840. The smallest absolute Gasteiger partial charge is 0.280 e. The van der Waals surface area contributed by atoms with Crippen LogP contribution in [0, 0.1) is 0 Å². The van der Waals surface area contributed by atoms with Crippen molar-refractivity contribution in [2.45, 2.75) is 0 Å². The molecule has 0 saturated carbocycles. The molecule has 4 aromatic heterocycles. The predicted molar refractivity (Wildman–Crippen MR) is 140 cm³/mol. The topological polar surface area (TPSA) is 105 Å². The molecule has 6 rings (SSSR count). The van der Waals surface area contributed by atoms with Crippen LogP contribution in [0.3, 0.4) is 0 Å². The molecule has 0 aliphatic carbocycles. The predicted octanol–water partition coefficient (Wildman–Crippen LogP) is 4.47. The van der Waals surface area contributed by atoms with Gasteiger partial charge in [0.2, 0.25) is 0 Å². The number of rotatable bonds is 5. The van der Waals surface area contributed by atoms with Crippen molar-refractivity contribution in [3.8, 4) is 39.8 Å². The highest BCUT2D eigenvalue weighted by atomic mass is 16.5. The van der Waals surface area contributed by atoms with Crippen molar-refractivity contribution in [3.63, 3.8) is 0 Å². The molecule has 0 aliphatic heterocycles. The van der Waals surface area contributed by atoms with Crippen LogP contribution in [0.25, 0.3) is 49.9 Å². The summed E-state index contributed by atoms with van der Waals surface area (Å²) in [4.78, 5) is 22.2. The maximum Gasteiger partial charge on any atom is 0.280 e. The molecule has 0 bridgehead atoms. The number of fused-ring (bicyclic) bond motifs is 2. The molecule has 0 saturated heterocycles. The first-order chi connectivity index (χ1) is 18.2. The lowest BCUT2D eigenvalue weighted by Gasteiger charge is -2.13. The lowest BCUT2D eigenvalue weighted by molar-refractivity contribution is 0.356. The molecule has 9 heteroatoms. The fourth-order valence-electron chi connectivity index (χ4n) is 4.36. The molecule has 0 aliphatic rings. The number of benzene rings is 2. The first-order valence-corrected chi connectivity index (χ1v) is 11.4. The Kier molecular flexibility index (Phi) is 5.49. The molecule has 0 amide bonds. The Labute approximate surface area is 211 Å². The molecule has 180 valence electrons. The summed E-state index contributed by atoms with van der Waals surface area (Å²) in [5.74, 6) is 1.53. The third kappa shape index (κ3) is 3.82. The largest absolute Gasteiger partial charge is 0.493 e. The fraction of sp³-hybridized carbons (Fsp3) is 0.0714. The number of methoxy groups -OCH3 is 2. The van der Waals surface area contributed by atoms with Gasteiger partial charge in [-0.2, -0.15) is 14.9 Å². The Morgan fingerprint density at radius 3 is 2.35 bits per heavy atom. The van der Waals surface area contributed by atoms with Gasteiger partial charge in [-0.1, -0.05) is 18.2 Å². The van der Waals surface area contributed by atoms with Gasteiger partial charge in [-0.05, 0) is 42.5 Å². The summed E-state index contributed by atoms with van der Waals surface area (Å²) >= 11 is 0. The van der Waals surface area contributed by atoms with Crippen molar-refractivity contribution >= 4 is 21.5 Å². The molecule has 0 unspecified atom stereocenters. The maximum absolute atomic E-state index is 13.5. The van der Waals surface area contributed by atoms with E-state index in [1.54, 1.807) is 51.1 Å². The molecule has 0 N–H and O–H groups in total. The normalized spacial score (nSPS) is 11.1. The number of ether oxygens (including phenoxy) is 2. The average Bonchev–Trinajstić information content (AvgIpc) is 2.97. The van der Waals surface area contributed by atoms with Crippen LogP contribution in [0.4, 0.5) is 0 Å². The summed E-state index contributed by atoms with van der Waals surface area (Å²) < 4.78 is 12.2. The quantitative estimate of drug-likeness (QED) is 0.350. The second kappa shape index (κ2) is 9.12. The van der Waals surface area contributed by atoms with Crippen molar-refractivity contribution < 1.29 is 9.47 Å². The second-order valence-corrected chi connectivity index (χ2v) is 8.24. The van der Waals surface area contributed by atoms with Gasteiger partial charge in [-0.15, -0.1) is 5.10 Å². The average molecular weight is 489 g/mol. The Hall–Kier alpha value is -5.18. The van der Waals surface area contributed by atoms with Crippen molar-refractivity contribution in [2.24, 2.45) is 0 Å². The van der Waals surface area contributed by atoms with Crippen LogP contribution in [-0.4, -0.2) is 44.2 Å². The molecule has 9 nitrogen and oxygen atoms in total. The van der Waals surface area contributed by atoms with Crippen LogP contribution in [0.1, 0.15) is 0 Å². The third-order valence-corrected chi connectivity index (χ3v) is 6.14. The van der Waals surface area contributed by atoms with E-state index in [0.717, 1.165) is 27.3 Å². The lowest BCUT2D eigenvalue weighted by Crippen LogP contribution is -2.23. The minimum atomic E-state index is -0.275. The molecule has 2 aromatic carbocycles. The maximum atomic E-state index is 13.5. The van der Waals surface area contributed by atoms with E-state index in [4.69, 9.17) is 14.6 Å². The van der Waals surface area contributed by atoms with Crippen molar-refractivity contribution in [1.82, 2.24) is 29.9 Å². The molecule has 0 radical (unpaired) electrons. The first kappa shape index (κ1) is 22.3. The van der Waals surface area contributed by atoms with Gasteiger partial charge >= 0.3 is 0 Å². The number of hydrogen-bond donors (Lipinski definition) is 0. The molecule has 4 heterocycles. The van der Waals surface area contributed by atoms with Gasteiger partial charge < -0.3 is 9.47 Å². The minimum absolute atomic E-state index is 0.275. The monoisotopic (exact) mass is 488 g/mol. The van der Waals surface area contributed by atoms with Crippen LogP contribution in [0.5, 0.6) is 11.5 Å². The molecule has 0 atom stereocenters. The number of hydrogen-bond acceptors (Lipinski definition) is 8. The van der Waals surface area contributed by atoms with Crippen LogP contribution in [0.15, 0.2) is 90.2 Å². The van der Waals surface area contributed by atoms with E-state index < -0.39 is 0 Å². The van der Waals surface area contributed by atoms with Gasteiger partial charge in [0.05, 0.1) is 25.8 Å². The van der Waals surface area contributed by atoms with E-state index in [0.29, 0.717) is 34.1 Å². The van der Waals surface area contributed by atoms with Gasteiger partial charge in [-0.3, -0.25) is 9.78 Å². The zero-order chi connectivity index (χ0) is 25.4. The molecule has 37 heavy (non-hydrogen) atoms. The minimum Gasteiger partial charge on any atom is -0.493 e. The molecule has 0 spiro atoms. The summed E-state index contributed by atoms with van der Waals surface area (Å²) in [6.07, 6.45) is 6.71. The lowest BCUT2D eigenvalue weighted by atomic mass is 10.0. The summed E-state index contributed by atoms with van der Waals surface area (Å²) in [6, 6.07) is 18.4. The van der Waals surface area contributed by atoms with E-state index in [-0.39, 0.29) is 5.56 Å². The number of nitrogens with zero attached hydrogens (tertiary/aromatic N) is 6. The number of pyridine rings is 2. The molecular formula is C28H20N6O3. The summed E-state index contributed by atoms with van der Waals surface area (Å²) in [7, 11) is 3.17. The zero-order valence-electron chi connectivity index (χ0n) is 20.0. The van der Waals surface area contributed by atoms with E-state index in [1.807, 2.05) is 48.5 Å².